The van der Waals surface area contributed by atoms with Gasteiger partial charge in [0.15, 0.2) is 5.78 Å². The van der Waals surface area contributed by atoms with E-state index in [9.17, 15) is 4.79 Å². The van der Waals surface area contributed by atoms with Gasteiger partial charge in [0.25, 0.3) is 0 Å². The van der Waals surface area contributed by atoms with Gasteiger partial charge in [-0.05, 0) is 18.4 Å². The molecule has 0 fully saturated rings. The van der Waals surface area contributed by atoms with Crippen molar-refractivity contribution in [3.63, 3.8) is 0 Å². The van der Waals surface area contributed by atoms with E-state index in [2.05, 4.69) is 4.98 Å². The molecule has 1 heterocycles. The van der Waals surface area contributed by atoms with Crippen molar-refractivity contribution in [2.45, 2.75) is 18.9 Å². The number of ketones is 1. The molecule has 0 aliphatic heterocycles. The topological polar surface area (TPSA) is 58.9 Å². The number of rotatable bonds is 0. The maximum absolute atomic E-state index is 11.3. The molecule has 1 atom stereocenters. The lowest BCUT2D eigenvalue weighted by Crippen LogP contribution is -2.34. The molecule has 0 saturated heterocycles. The third-order valence-corrected chi connectivity index (χ3v) is 2.16. The van der Waals surface area contributed by atoms with Crippen LogP contribution >= 0.6 is 0 Å². The smallest absolute Gasteiger partial charge is 0.181 e. The Morgan fingerprint density at radius 3 is 3.18 bits per heavy atom. The highest BCUT2D eigenvalue weighted by molar-refractivity contribution is 6.02. The second kappa shape index (κ2) is 2.20. The van der Waals surface area contributed by atoms with Crippen LogP contribution < -0.4 is 5.73 Å². The van der Waals surface area contributed by atoms with E-state index in [1.165, 1.54) is 0 Å². The fourth-order valence-electron chi connectivity index (χ4n) is 1.47. The van der Waals surface area contributed by atoms with Gasteiger partial charge in [-0.15, -0.1) is 0 Å². The summed E-state index contributed by atoms with van der Waals surface area (Å²) in [7, 11) is 0. The van der Waals surface area contributed by atoms with E-state index in [-0.39, 0.29) is 11.8 Å². The van der Waals surface area contributed by atoms with Crippen molar-refractivity contribution < 1.29 is 4.79 Å². The number of hydrogen-bond acceptors (Lipinski definition) is 2. The molecule has 2 rings (SSSR count). The van der Waals surface area contributed by atoms with Crippen LogP contribution in [0.4, 0.5) is 0 Å². The van der Waals surface area contributed by atoms with Gasteiger partial charge in [-0.2, -0.15) is 0 Å². The van der Waals surface area contributed by atoms with Crippen LogP contribution in [0.3, 0.4) is 0 Å². The molecular formula is C8H10N2O. The largest absolute Gasteiger partial charge is 0.367 e. The zero-order valence-electron chi connectivity index (χ0n) is 6.13. The van der Waals surface area contributed by atoms with E-state index in [0.29, 0.717) is 0 Å². The average molecular weight is 150 g/mol. The van der Waals surface area contributed by atoms with Gasteiger partial charge in [-0.1, -0.05) is 0 Å². The average Bonchev–Trinajstić information content (AvgIpc) is 2.45. The quantitative estimate of drug-likeness (QED) is 0.564. The summed E-state index contributed by atoms with van der Waals surface area (Å²) in [5.74, 6) is 0.0764. The van der Waals surface area contributed by atoms with Crippen LogP contribution in [0.1, 0.15) is 22.3 Å². The molecule has 0 bridgehead atoms. The molecular weight excluding hydrogens is 140 g/mol. The molecule has 3 nitrogen and oxygen atoms in total. The Morgan fingerprint density at radius 1 is 1.55 bits per heavy atom. The van der Waals surface area contributed by atoms with Crippen molar-refractivity contribution in [2.75, 3.05) is 0 Å². The first-order chi connectivity index (χ1) is 5.29. The summed E-state index contributed by atoms with van der Waals surface area (Å²) in [6.07, 6.45) is 5.31. The molecule has 1 aromatic rings. The normalized spacial score (nSPS) is 23.4. The number of Topliss-reactive ketones (excluding diaryl/α,β-unsaturated/α-hetero) is 1. The molecule has 1 aromatic heterocycles. The minimum absolute atomic E-state index is 0.0764. The van der Waals surface area contributed by atoms with E-state index in [4.69, 9.17) is 5.73 Å². The monoisotopic (exact) mass is 150 g/mol. The summed E-state index contributed by atoms with van der Waals surface area (Å²) in [5.41, 5.74) is 7.48. The summed E-state index contributed by atoms with van der Waals surface area (Å²) < 4.78 is 0. The van der Waals surface area contributed by atoms with Crippen molar-refractivity contribution in [3.05, 3.63) is 23.5 Å². The third kappa shape index (κ3) is 0.886. The van der Waals surface area contributed by atoms with Crippen LogP contribution in [0, 0.1) is 0 Å². The van der Waals surface area contributed by atoms with Crippen LogP contribution in [0.25, 0.3) is 0 Å². The van der Waals surface area contributed by atoms with E-state index in [0.717, 1.165) is 24.0 Å². The SMILES string of the molecule is NC1CCc2c[nH]cc2C1=O. The van der Waals surface area contributed by atoms with Gasteiger partial charge in [-0.3, -0.25) is 4.79 Å². The number of carbonyl (C=O) groups excluding carboxylic acids is 1. The standard InChI is InChI=1S/C8H10N2O/c9-7-2-1-5-3-10-4-6(5)8(7)11/h3-4,7,10H,1-2,9H2. The molecule has 3 heteroatoms. The van der Waals surface area contributed by atoms with Crippen molar-refractivity contribution >= 4 is 5.78 Å². The van der Waals surface area contributed by atoms with Gasteiger partial charge >= 0.3 is 0 Å². The van der Waals surface area contributed by atoms with Gasteiger partial charge in [0, 0.05) is 18.0 Å². The number of aryl methyl sites for hydroxylation is 1. The number of nitrogens with two attached hydrogens (primary N) is 1. The van der Waals surface area contributed by atoms with E-state index < -0.39 is 0 Å². The molecule has 3 N–H and O–H groups in total. The molecule has 11 heavy (non-hydrogen) atoms. The van der Waals surface area contributed by atoms with Crippen molar-refractivity contribution in [1.82, 2.24) is 4.98 Å². The second-order valence-corrected chi connectivity index (χ2v) is 2.90. The molecule has 1 aliphatic carbocycles. The van der Waals surface area contributed by atoms with Gasteiger partial charge in [0.05, 0.1) is 6.04 Å². The number of fused-ring (bicyclic) bond motifs is 1. The lowest BCUT2D eigenvalue weighted by atomic mass is 9.91. The predicted molar refractivity (Wildman–Crippen MR) is 41.4 cm³/mol. The van der Waals surface area contributed by atoms with Crippen LogP contribution in [0.15, 0.2) is 12.4 Å². The van der Waals surface area contributed by atoms with Crippen LogP contribution in [0.2, 0.25) is 0 Å². The highest BCUT2D eigenvalue weighted by Crippen LogP contribution is 2.19. The van der Waals surface area contributed by atoms with E-state index >= 15 is 0 Å². The Morgan fingerprint density at radius 2 is 2.36 bits per heavy atom. The van der Waals surface area contributed by atoms with Crippen molar-refractivity contribution in [2.24, 2.45) is 5.73 Å². The highest BCUT2D eigenvalue weighted by atomic mass is 16.1. The third-order valence-electron chi connectivity index (χ3n) is 2.16. The fourth-order valence-corrected chi connectivity index (χ4v) is 1.47. The van der Waals surface area contributed by atoms with E-state index in [1.54, 1.807) is 6.20 Å². The zero-order chi connectivity index (χ0) is 7.84. The van der Waals surface area contributed by atoms with Crippen LogP contribution in [0.5, 0.6) is 0 Å². The van der Waals surface area contributed by atoms with Gasteiger partial charge < -0.3 is 10.7 Å². The summed E-state index contributed by atoms with van der Waals surface area (Å²) in [5, 5.41) is 0. The molecule has 1 aliphatic rings. The second-order valence-electron chi connectivity index (χ2n) is 2.90. The Kier molecular flexibility index (Phi) is 1.32. The number of H-pyrrole nitrogens is 1. The molecule has 0 radical (unpaired) electrons. The molecule has 0 saturated carbocycles. The zero-order valence-corrected chi connectivity index (χ0v) is 6.13. The first-order valence-electron chi connectivity index (χ1n) is 3.74. The summed E-state index contributed by atoms with van der Waals surface area (Å²) in [4.78, 5) is 14.2. The fraction of sp³-hybridized carbons (Fsp3) is 0.375. The first kappa shape index (κ1) is 6.61. The first-order valence-corrected chi connectivity index (χ1v) is 3.74. The van der Waals surface area contributed by atoms with E-state index in [1.807, 2.05) is 6.20 Å². The number of aromatic amines is 1. The molecule has 0 spiro atoms. The molecule has 0 amide bonds. The Balaban J connectivity index is 2.46. The maximum atomic E-state index is 11.3. The lowest BCUT2D eigenvalue weighted by molar-refractivity contribution is 0.0949. The number of carbonyl (C=O) groups is 1. The number of nitrogens with one attached hydrogen (secondary N) is 1. The van der Waals surface area contributed by atoms with Gasteiger partial charge in [-0.25, -0.2) is 0 Å². The Bertz CT molecular complexity index is 290. The van der Waals surface area contributed by atoms with Crippen LogP contribution in [-0.4, -0.2) is 16.8 Å². The number of hydrogen-bond donors (Lipinski definition) is 2. The lowest BCUT2D eigenvalue weighted by Gasteiger charge is -2.15. The predicted octanol–water partition coefficient (Wildman–Crippen LogP) is 0.471. The minimum Gasteiger partial charge on any atom is -0.367 e. The summed E-state index contributed by atoms with van der Waals surface area (Å²) in [6.45, 7) is 0. The highest BCUT2D eigenvalue weighted by Gasteiger charge is 2.24. The Labute approximate surface area is 64.6 Å². The number of aromatic nitrogens is 1. The van der Waals surface area contributed by atoms with Crippen LogP contribution in [-0.2, 0) is 6.42 Å². The van der Waals surface area contributed by atoms with Crippen molar-refractivity contribution in [3.8, 4) is 0 Å². The van der Waals surface area contributed by atoms with Crippen molar-refractivity contribution in [1.29, 1.82) is 0 Å². The summed E-state index contributed by atoms with van der Waals surface area (Å²) in [6, 6.07) is -0.279. The van der Waals surface area contributed by atoms with Gasteiger partial charge in [0.1, 0.15) is 0 Å². The summed E-state index contributed by atoms with van der Waals surface area (Å²) >= 11 is 0. The maximum Gasteiger partial charge on any atom is 0.181 e. The Hall–Kier alpha value is -1.09. The molecule has 58 valence electrons. The van der Waals surface area contributed by atoms with Gasteiger partial charge in [0.2, 0.25) is 0 Å². The minimum atomic E-state index is -0.279. The molecule has 1 unspecified atom stereocenters. The molecule has 0 aromatic carbocycles.